The first-order valence-corrected chi connectivity index (χ1v) is 6.39. The third kappa shape index (κ3) is 1.75. The predicted molar refractivity (Wildman–Crippen MR) is 62.9 cm³/mol. The van der Waals surface area contributed by atoms with Gasteiger partial charge in [0, 0.05) is 24.4 Å². The molecule has 0 amide bonds. The Bertz CT molecular complexity index is 468. The van der Waals surface area contributed by atoms with Crippen LogP contribution in [0.25, 0.3) is 10.8 Å². The molecule has 0 aromatic carbocycles. The Morgan fingerprint density at radius 2 is 2.40 bits per heavy atom. The first-order chi connectivity index (χ1) is 7.33. The van der Waals surface area contributed by atoms with E-state index in [1.54, 1.807) is 11.3 Å². The van der Waals surface area contributed by atoms with Crippen molar-refractivity contribution in [1.29, 1.82) is 0 Å². The maximum Gasteiger partial charge on any atom is 0.170 e. The molecular weight excluding hydrogens is 276 g/mol. The highest BCUT2D eigenvalue weighted by atomic mass is 79.9. The maximum atomic E-state index is 5.49. The van der Waals surface area contributed by atoms with E-state index in [1.165, 1.54) is 10.6 Å². The molecule has 0 bridgehead atoms. The first kappa shape index (κ1) is 9.57. The number of thiazole rings is 1. The van der Waals surface area contributed by atoms with Crippen LogP contribution < -0.4 is 5.32 Å². The standard InChI is InChI=1S/C10H9BrN2OS/c11-9-2-1-7(14-9)10-13-6-3-4-12-5-8(6)15-10/h1-2,12H,3-5H2. The van der Waals surface area contributed by atoms with Gasteiger partial charge >= 0.3 is 0 Å². The van der Waals surface area contributed by atoms with Crippen LogP contribution in [0.4, 0.5) is 0 Å². The SMILES string of the molecule is Brc1ccc(-c2nc3c(s2)CNCC3)o1. The molecule has 0 unspecified atom stereocenters. The molecule has 3 heterocycles. The van der Waals surface area contributed by atoms with Crippen LogP contribution in [0.1, 0.15) is 10.6 Å². The van der Waals surface area contributed by atoms with Crippen molar-refractivity contribution >= 4 is 27.3 Å². The van der Waals surface area contributed by atoms with Crippen molar-refractivity contribution in [2.24, 2.45) is 0 Å². The van der Waals surface area contributed by atoms with E-state index in [4.69, 9.17) is 4.42 Å². The number of halogens is 1. The molecule has 1 aliphatic rings. The Hall–Kier alpha value is -0.650. The van der Waals surface area contributed by atoms with Crippen molar-refractivity contribution in [1.82, 2.24) is 10.3 Å². The van der Waals surface area contributed by atoms with Crippen LogP contribution in [0.15, 0.2) is 21.2 Å². The van der Waals surface area contributed by atoms with E-state index in [9.17, 15) is 0 Å². The summed E-state index contributed by atoms with van der Waals surface area (Å²) >= 11 is 5.01. The molecule has 3 rings (SSSR count). The van der Waals surface area contributed by atoms with Crippen molar-refractivity contribution in [2.45, 2.75) is 13.0 Å². The topological polar surface area (TPSA) is 38.1 Å². The number of aromatic nitrogens is 1. The molecule has 1 N–H and O–H groups in total. The van der Waals surface area contributed by atoms with Crippen LogP contribution in [0.3, 0.4) is 0 Å². The Labute approximate surface area is 99.6 Å². The molecule has 0 fully saturated rings. The van der Waals surface area contributed by atoms with Crippen molar-refractivity contribution < 1.29 is 4.42 Å². The summed E-state index contributed by atoms with van der Waals surface area (Å²) < 4.78 is 6.24. The van der Waals surface area contributed by atoms with E-state index < -0.39 is 0 Å². The van der Waals surface area contributed by atoms with Gasteiger partial charge in [-0.2, -0.15) is 0 Å². The molecule has 2 aromatic heterocycles. The van der Waals surface area contributed by atoms with Gasteiger partial charge in [-0.15, -0.1) is 11.3 Å². The zero-order valence-corrected chi connectivity index (χ0v) is 10.3. The number of hydrogen-bond acceptors (Lipinski definition) is 4. The first-order valence-electron chi connectivity index (χ1n) is 4.78. The summed E-state index contributed by atoms with van der Waals surface area (Å²) in [4.78, 5) is 5.94. The van der Waals surface area contributed by atoms with Crippen LogP contribution >= 0.6 is 27.3 Å². The zero-order valence-electron chi connectivity index (χ0n) is 7.92. The highest BCUT2D eigenvalue weighted by Gasteiger charge is 2.17. The minimum absolute atomic E-state index is 0.754. The largest absolute Gasteiger partial charge is 0.447 e. The number of nitrogens with one attached hydrogen (secondary N) is 1. The van der Waals surface area contributed by atoms with Crippen molar-refractivity contribution in [3.05, 3.63) is 27.4 Å². The Kier molecular flexibility index (Phi) is 2.38. The van der Waals surface area contributed by atoms with E-state index in [1.807, 2.05) is 12.1 Å². The van der Waals surface area contributed by atoms with E-state index >= 15 is 0 Å². The fourth-order valence-corrected chi connectivity index (χ4v) is 3.01. The second-order valence-corrected chi connectivity index (χ2v) is 5.28. The lowest BCUT2D eigenvalue weighted by atomic mass is 10.2. The summed E-state index contributed by atoms with van der Waals surface area (Å²) in [6.45, 7) is 1.97. The molecule has 0 aliphatic carbocycles. The van der Waals surface area contributed by atoms with Crippen LogP contribution in [0.5, 0.6) is 0 Å². The van der Waals surface area contributed by atoms with Gasteiger partial charge in [-0.25, -0.2) is 4.98 Å². The second kappa shape index (κ2) is 3.73. The average molecular weight is 285 g/mol. The third-order valence-electron chi connectivity index (χ3n) is 2.39. The molecule has 3 nitrogen and oxygen atoms in total. The summed E-state index contributed by atoms with van der Waals surface area (Å²) in [6.07, 6.45) is 1.02. The third-order valence-corrected chi connectivity index (χ3v) is 3.92. The smallest absolute Gasteiger partial charge is 0.170 e. The van der Waals surface area contributed by atoms with Gasteiger partial charge in [0.25, 0.3) is 0 Å². The molecule has 1 aliphatic heterocycles. The zero-order chi connectivity index (χ0) is 10.3. The molecule has 5 heteroatoms. The monoisotopic (exact) mass is 284 g/mol. The summed E-state index contributed by atoms with van der Waals surface area (Å²) in [5.41, 5.74) is 1.22. The lowest BCUT2D eigenvalue weighted by molar-refractivity contribution is 0.555. The number of hydrogen-bond donors (Lipinski definition) is 1. The van der Waals surface area contributed by atoms with Gasteiger partial charge in [-0.3, -0.25) is 0 Å². The fourth-order valence-electron chi connectivity index (χ4n) is 1.66. The molecule has 0 spiro atoms. The number of fused-ring (bicyclic) bond motifs is 1. The van der Waals surface area contributed by atoms with Crippen LogP contribution in [-0.4, -0.2) is 11.5 Å². The summed E-state index contributed by atoms with van der Waals surface area (Å²) in [7, 11) is 0. The summed E-state index contributed by atoms with van der Waals surface area (Å²) in [5.74, 6) is 0.848. The van der Waals surface area contributed by atoms with Gasteiger partial charge in [-0.1, -0.05) is 0 Å². The quantitative estimate of drug-likeness (QED) is 0.875. The lowest BCUT2D eigenvalue weighted by Gasteiger charge is -2.09. The molecule has 78 valence electrons. The molecule has 15 heavy (non-hydrogen) atoms. The number of rotatable bonds is 1. The Balaban J connectivity index is 2.02. The van der Waals surface area contributed by atoms with Gasteiger partial charge < -0.3 is 9.73 Å². The molecular formula is C10H9BrN2OS. The number of furan rings is 1. The van der Waals surface area contributed by atoms with E-state index in [0.717, 1.165) is 34.9 Å². The van der Waals surface area contributed by atoms with Crippen molar-refractivity contribution in [2.75, 3.05) is 6.54 Å². The molecule has 0 radical (unpaired) electrons. The van der Waals surface area contributed by atoms with Crippen molar-refractivity contribution in [3.63, 3.8) is 0 Å². The maximum absolute atomic E-state index is 5.49. The van der Waals surface area contributed by atoms with Gasteiger partial charge in [0.1, 0.15) is 0 Å². The molecule has 0 saturated heterocycles. The minimum Gasteiger partial charge on any atom is -0.447 e. The van der Waals surface area contributed by atoms with E-state index in [2.05, 4.69) is 26.2 Å². The normalized spacial score (nSPS) is 15.3. The van der Waals surface area contributed by atoms with Gasteiger partial charge in [0.2, 0.25) is 0 Å². The van der Waals surface area contributed by atoms with Crippen LogP contribution in [-0.2, 0) is 13.0 Å². The Morgan fingerprint density at radius 3 is 3.13 bits per heavy atom. The molecule has 0 saturated carbocycles. The highest BCUT2D eigenvalue weighted by molar-refractivity contribution is 9.10. The number of nitrogens with zero attached hydrogens (tertiary/aromatic N) is 1. The van der Waals surface area contributed by atoms with Gasteiger partial charge in [0.05, 0.1) is 5.69 Å². The van der Waals surface area contributed by atoms with E-state index in [0.29, 0.717) is 0 Å². The van der Waals surface area contributed by atoms with Crippen LogP contribution in [0, 0.1) is 0 Å². The van der Waals surface area contributed by atoms with Crippen molar-refractivity contribution in [3.8, 4) is 10.8 Å². The van der Waals surface area contributed by atoms with Crippen LogP contribution in [0.2, 0.25) is 0 Å². The predicted octanol–water partition coefficient (Wildman–Crippen LogP) is 2.81. The minimum atomic E-state index is 0.754. The summed E-state index contributed by atoms with van der Waals surface area (Å²) in [5, 5.41) is 4.32. The van der Waals surface area contributed by atoms with E-state index in [-0.39, 0.29) is 0 Å². The highest BCUT2D eigenvalue weighted by Crippen LogP contribution is 2.31. The fraction of sp³-hybridized carbons (Fsp3) is 0.300. The van der Waals surface area contributed by atoms with Gasteiger partial charge in [0.15, 0.2) is 15.4 Å². The second-order valence-electron chi connectivity index (χ2n) is 3.42. The van der Waals surface area contributed by atoms with Gasteiger partial charge in [-0.05, 0) is 28.1 Å². The Morgan fingerprint density at radius 1 is 1.47 bits per heavy atom. The average Bonchev–Trinajstić information content (AvgIpc) is 2.82. The molecule has 0 atom stereocenters. The molecule has 2 aromatic rings. The summed E-state index contributed by atoms with van der Waals surface area (Å²) in [6, 6.07) is 3.84. The lowest BCUT2D eigenvalue weighted by Crippen LogP contribution is -2.22.